The second kappa shape index (κ2) is 10.3. The molecular formula is C22H27N5O4S. The average Bonchev–Trinajstić information content (AvgIpc) is 3.27. The van der Waals surface area contributed by atoms with Crippen molar-refractivity contribution in [3.63, 3.8) is 0 Å². The Balaban J connectivity index is 1.59. The third kappa shape index (κ3) is 5.64. The summed E-state index contributed by atoms with van der Waals surface area (Å²) in [5, 5.41) is 22.4. The number of carbonyl (C=O) groups is 3. The zero-order chi connectivity index (χ0) is 23.3. The molecule has 1 unspecified atom stereocenters. The molecule has 0 bridgehead atoms. The highest BCUT2D eigenvalue weighted by molar-refractivity contribution is 7.14. The summed E-state index contributed by atoms with van der Waals surface area (Å²) in [6.07, 6.45) is -0.147. The van der Waals surface area contributed by atoms with E-state index in [0.29, 0.717) is 17.7 Å². The van der Waals surface area contributed by atoms with E-state index in [2.05, 4.69) is 10.6 Å². The quantitative estimate of drug-likeness (QED) is 0.319. The lowest BCUT2D eigenvalue weighted by Gasteiger charge is -2.37. The Morgan fingerprint density at radius 1 is 1.25 bits per heavy atom. The highest BCUT2D eigenvalue weighted by atomic mass is 32.1. The first-order valence-electron chi connectivity index (χ1n) is 10.3. The summed E-state index contributed by atoms with van der Waals surface area (Å²) in [4.78, 5) is 39.7. The molecule has 3 rings (SSSR count). The molecule has 3 atom stereocenters. The van der Waals surface area contributed by atoms with E-state index in [0.717, 1.165) is 15.3 Å². The van der Waals surface area contributed by atoms with Gasteiger partial charge in [-0.05, 0) is 43.4 Å². The second-order valence-electron chi connectivity index (χ2n) is 7.75. The number of amides is 3. The lowest BCUT2D eigenvalue weighted by atomic mass is 9.85. The summed E-state index contributed by atoms with van der Waals surface area (Å²) in [7, 11) is 0. The maximum atomic E-state index is 12.9. The summed E-state index contributed by atoms with van der Waals surface area (Å²) < 4.78 is 0. The molecule has 3 amide bonds. The Labute approximate surface area is 190 Å². The molecule has 6 N–H and O–H groups in total. The van der Waals surface area contributed by atoms with E-state index < -0.39 is 24.1 Å². The Morgan fingerprint density at radius 3 is 2.59 bits per heavy atom. The van der Waals surface area contributed by atoms with Crippen LogP contribution in [0.25, 0.3) is 0 Å². The average molecular weight is 458 g/mol. The summed E-state index contributed by atoms with van der Waals surface area (Å²) >= 11 is 1.31. The minimum atomic E-state index is -1.15. The van der Waals surface area contributed by atoms with Crippen molar-refractivity contribution in [3.05, 3.63) is 57.8 Å². The van der Waals surface area contributed by atoms with E-state index in [9.17, 15) is 19.5 Å². The first-order chi connectivity index (χ1) is 15.3. The van der Waals surface area contributed by atoms with Crippen LogP contribution in [0.5, 0.6) is 0 Å². The van der Waals surface area contributed by atoms with Crippen molar-refractivity contribution in [1.29, 1.82) is 5.41 Å². The van der Waals surface area contributed by atoms with E-state index in [-0.39, 0.29) is 30.8 Å². The number of carboxylic acid groups (broad SMARTS) is 1. The van der Waals surface area contributed by atoms with Gasteiger partial charge >= 0.3 is 6.09 Å². The normalized spacial score (nSPS) is 19.1. The number of piperidine rings is 1. The van der Waals surface area contributed by atoms with Gasteiger partial charge in [-0.15, -0.1) is 11.3 Å². The zero-order valence-corrected chi connectivity index (χ0v) is 18.5. The molecule has 0 saturated carbocycles. The molecule has 32 heavy (non-hydrogen) atoms. The van der Waals surface area contributed by atoms with Gasteiger partial charge in [0, 0.05) is 11.4 Å². The van der Waals surface area contributed by atoms with Gasteiger partial charge in [-0.3, -0.25) is 19.9 Å². The van der Waals surface area contributed by atoms with Crippen molar-refractivity contribution in [2.45, 2.75) is 44.3 Å². The van der Waals surface area contributed by atoms with Gasteiger partial charge in [-0.25, -0.2) is 4.79 Å². The van der Waals surface area contributed by atoms with Crippen molar-refractivity contribution in [1.82, 2.24) is 15.5 Å². The Kier molecular flexibility index (Phi) is 7.47. The monoisotopic (exact) mass is 457 g/mol. The van der Waals surface area contributed by atoms with Crippen LogP contribution in [0.3, 0.4) is 0 Å². The highest BCUT2D eigenvalue weighted by Crippen LogP contribution is 2.31. The van der Waals surface area contributed by atoms with Crippen molar-refractivity contribution >= 4 is 35.1 Å². The zero-order valence-electron chi connectivity index (χ0n) is 17.7. The molecule has 0 radical (unpaired) electrons. The van der Waals surface area contributed by atoms with Crippen molar-refractivity contribution in [2.75, 3.05) is 6.54 Å². The minimum Gasteiger partial charge on any atom is -0.465 e. The standard InChI is InChI=1S/C22H27N5O4S/c1-13(20(28)25-12-16-7-8-18(32-16)19(23)24)26-21(29)17-11-15(9-10-27(17)22(30)31)14-5-3-2-4-6-14/h2-8,13,15,17H,9-12H2,1H3,(H3,23,24)(H,25,28)(H,26,29)(H,30,31)/t13?,15-,17+/m0/s1. The molecule has 9 nitrogen and oxygen atoms in total. The lowest BCUT2D eigenvalue weighted by Crippen LogP contribution is -2.56. The van der Waals surface area contributed by atoms with Gasteiger partial charge in [-0.2, -0.15) is 0 Å². The number of hydrogen-bond acceptors (Lipinski definition) is 5. The van der Waals surface area contributed by atoms with Gasteiger partial charge in [0.05, 0.1) is 11.4 Å². The molecule has 1 fully saturated rings. The fourth-order valence-corrected chi connectivity index (χ4v) is 4.60. The minimum absolute atomic E-state index is 0.0301. The summed E-state index contributed by atoms with van der Waals surface area (Å²) in [5.74, 6) is -0.822. The number of carbonyl (C=O) groups excluding carboxylic acids is 2. The fraction of sp³-hybridized carbons (Fsp3) is 0.364. The SMILES string of the molecule is CC(NC(=O)[C@H]1C[C@@H](c2ccccc2)CCN1C(=O)O)C(=O)NCc1ccc(C(=N)N)s1. The van der Waals surface area contributed by atoms with Gasteiger partial charge in [0.2, 0.25) is 11.8 Å². The number of nitrogens with one attached hydrogen (secondary N) is 3. The topological polar surface area (TPSA) is 149 Å². The van der Waals surface area contributed by atoms with Crippen LogP contribution < -0.4 is 16.4 Å². The third-order valence-corrected chi connectivity index (χ3v) is 6.66. The van der Waals surface area contributed by atoms with Crippen molar-refractivity contribution < 1.29 is 19.5 Å². The predicted octanol–water partition coefficient (Wildman–Crippen LogP) is 2.08. The molecule has 1 aliphatic heterocycles. The summed E-state index contributed by atoms with van der Waals surface area (Å²) in [6.45, 7) is 2.06. The Bertz CT molecular complexity index is 993. The maximum Gasteiger partial charge on any atom is 0.407 e. The van der Waals surface area contributed by atoms with Crippen LogP contribution in [0.2, 0.25) is 0 Å². The largest absolute Gasteiger partial charge is 0.465 e. The first-order valence-corrected chi connectivity index (χ1v) is 11.1. The van der Waals surface area contributed by atoms with Crippen LogP contribution >= 0.6 is 11.3 Å². The molecule has 1 aromatic carbocycles. The first kappa shape index (κ1) is 23.3. The number of thiophene rings is 1. The molecule has 10 heteroatoms. The van der Waals surface area contributed by atoms with E-state index >= 15 is 0 Å². The van der Waals surface area contributed by atoms with E-state index in [1.54, 1.807) is 19.1 Å². The molecule has 2 heterocycles. The fourth-order valence-electron chi connectivity index (χ4n) is 3.79. The van der Waals surface area contributed by atoms with Gasteiger partial charge in [0.15, 0.2) is 0 Å². The highest BCUT2D eigenvalue weighted by Gasteiger charge is 2.37. The number of amidine groups is 1. The number of hydrogen-bond donors (Lipinski definition) is 5. The number of benzene rings is 1. The maximum absolute atomic E-state index is 12.9. The molecule has 2 aromatic rings. The molecular weight excluding hydrogens is 430 g/mol. The van der Waals surface area contributed by atoms with Gasteiger partial charge in [-0.1, -0.05) is 30.3 Å². The molecule has 0 aliphatic carbocycles. The van der Waals surface area contributed by atoms with Gasteiger partial charge in [0.25, 0.3) is 0 Å². The van der Waals surface area contributed by atoms with E-state index in [1.165, 1.54) is 11.3 Å². The molecule has 1 saturated heterocycles. The van der Waals surface area contributed by atoms with E-state index in [1.807, 2.05) is 30.3 Å². The second-order valence-corrected chi connectivity index (χ2v) is 8.92. The molecule has 170 valence electrons. The van der Waals surface area contributed by atoms with Crippen LogP contribution in [-0.2, 0) is 16.1 Å². The number of likely N-dealkylation sites (tertiary alicyclic amines) is 1. The van der Waals surface area contributed by atoms with Gasteiger partial charge < -0.3 is 21.5 Å². The molecule has 0 spiro atoms. The summed E-state index contributed by atoms with van der Waals surface area (Å²) in [6, 6.07) is 11.5. The Hall–Kier alpha value is -3.40. The number of nitrogens with two attached hydrogens (primary N) is 1. The number of nitrogens with zero attached hydrogens (tertiary/aromatic N) is 1. The van der Waals surface area contributed by atoms with Crippen molar-refractivity contribution in [3.8, 4) is 0 Å². The van der Waals surface area contributed by atoms with Crippen LogP contribution in [0.1, 0.15) is 41.0 Å². The smallest absolute Gasteiger partial charge is 0.407 e. The van der Waals surface area contributed by atoms with E-state index in [4.69, 9.17) is 11.1 Å². The lowest BCUT2D eigenvalue weighted by molar-refractivity contribution is -0.132. The molecule has 1 aliphatic rings. The third-order valence-electron chi connectivity index (χ3n) is 5.54. The van der Waals surface area contributed by atoms with Crippen molar-refractivity contribution in [2.24, 2.45) is 5.73 Å². The van der Waals surface area contributed by atoms with Crippen LogP contribution in [-0.4, -0.2) is 52.4 Å². The Morgan fingerprint density at radius 2 is 1.97 bits per heavy atom. The number of rotatable bonds is 7. The number of nitrogen functional groups attached to an aromatic ring is 1. The predicted molar refractivity (Wildman–Crippen MR) is 122 cm³/mol. The van der Waals surface area contributed by atoms with Crippen LogP contribution in [0.15, 0.2) is 42.5 Å². The molecule has 1 aromatic heterocycles. The van der Waals surface area contributed by atoms with Crippen LogP contribution in [0.4, 0.5) is 4.79 Å². The van der Waals surface area contributed by atoms with Crippen LogP contribution in [0, 0.1) is 5.41 Å². The van der Waals surface area contributed by atoms with Gasteiger partial charge in [0.1, 0.15) is 17.9 Å². The summed E-state index contributed by atoms with van der Waals surface area (Å²) in [5.41, 5.74) is 6.52.